The van der Waals surface area contributed by atoms with Crippen LogP contribution in [0.5, 0.6) is 0 Å². The molecule has 1 aliphatic carbocycles. The van der Waals surface area contributed by atoms with Crippen molar-refractivity contribution in [3.05, 3.63) is 0 Å². The molecule has 4 nitrogen and oxygen atoms in total. The molecule has 0 spiro atoms. The largest absolute Gasteiger partial charge is 0.337 e. The molecule has 106 valence electrons. The highest BCUT2D eigenvalue weighted by Gasteiger charge is 2.45. The zero-order valence-corrected chi connectivity index (χ0v) is 12.6. The van der Waals surface area contributed by atoms with Crippen molar-refractivity contribution in [3.8, 4) is 0 Å². The number of carbonyl (C=O) groups is 1. The summed E-state index contributed by atoms with van der Waals surface area (Å²) in [6.07, 6.45) is 7.19. The highest BCUT2D eigenvalue weighted by atomic mass is 31.2. The summed E-state index contributed by atoms with van der Waals surface area (Å²) in [5.41, 5.74) is -0.234. The number of Topliss-reactive ketones (excluding diaryl/α,β-unsaturated/α-hetero) is 1. The van der Waals surface area contributed by atoms with Crippen LogP contribution in [-0.4, -0.2) is 26.2 Å². The van der Waals surface area contributed by atoms with Gasteiger partial charge in [0.1, 0.15) is 6.16 Å². The summed E-state index contributed by atoms with van der Waals surface area (Å²) < 4.78 is 21.7. The molecule has 0 aromatic rings. The Morgan fingerprint density at radius 3 is 2.22 bits per heavy atom. The maximum Gasteiger partial charge on any atom is 0.337 e. The number of rotatable bonds is 9. The fraction of sp³-hybridized carbons (Fsp3) is 0.923. The molecule has 0 aliphatic heterocycles. The van der Waals surface area contributed by atoms with E-state index in [1.807, 2.05) is 0 Å². The average molecular weight is 276 g/mol. The van der Waals surface area contributed by atoms with Gasteiger partial charge in [0, 0.05) is 19.6 Å². The number of carbonyl (C=O) groups excluding carboxylic acids is 1. The summed E-state index contributed by atoms with van der Waals surface area (Å²) in [5.74, 6) is 0.0666. The Labute approximate surface area is 110 Å². The summed E-state index contributed by atoms with van der Waals surface area (Å²) in [7, 11) is -0.531. The highest BCUT2D eigenvalue weighted by Crippen LogP contribution is 2.52. The number of hydrogen-bond acceptors (Lipinski definition) is 4. The third-order valence-electron chi connectivity index (χ3n) is 4.05. The molecule has 0 N–H and O–H groups in total. The first-order chi connectivity index (χ1) is 8.52. The van der Waals surface area contributed by atoms with Crippen molar-refractivity contribution < 1.29 is 18.4 Å². The molecule has 18 heavy (non-hydrogen) atoms. The molecule has 1 aliphatic rings. The molecule has 0 aromatic heterocycles. The minimum atomic E-state index is -3.20. The van der Waals surface area contributed by atoms with Crippen molar-refractivity contribution in [1.82, 2.24) is 0 Å². The van der Waals surface area contributed by atoms with Gasteiger partial charge in [0.25, 0.3) is 0 Å². The van der Waals surface area contributed by atoms with Gasteiger partial charge in [0.05, 0.1) is 0 Å². The lowest BCUT2D eigenvalue weighted by Gasteiger charge is -2.41. The molecule has 0 bridgehead atoms. The molecule has 1 rings (SSSR count). The van der Waals surface area contributed by atoms with Crippen LogP contribution in [0.1, 0.15) is 51.9 Å². The van der Waals surface area contributed by atoms with Crippen LogP contribution in [0.3, 0.4) is 0 Å². The quantitative estimate of drug-likeness (QED) is 0.475. The van der Waals surface area contributed by atoms with Gasteiger partial charge in [-0.1, -0.05) is 32.6 Å². The molecule has 0 heterocycles. The molecule has 0 atom stereocenters. The zero-order chi connectivity index (χ0) is 13.6. The number of ketones is 1. The van der Waals surface area contributed by atoms with Crippen molar-refractivity contribution in [2.75, 3.05) is 20.4 Å². The smallest absolute Gasteiger partial charge is 0.312 e. The second-order valence-electron chi connectivity index (χ2n) is 5.15. The van der Waals surface area contributed by atoms with E-state index in [0.29, 0.717) is 0 Å². The van der Waals surface area contributed by atoms with Crippen LogP contribution in [0.4, 0.5) is 0 Å². The minimum Gasteiger partial charge on any atom is -0.312 e. The lowest BCUT2D eigenvalue weighted by atomic mass is 9.63. The van der Waals surface area contributed by atoms with E-state index in [0.717, 1.165) is 44.9 Å². The first-order valence-corrected chi connectivity index (χ1v) is 8.48. The summed E-state index contributed by atoms with van der Waals surface area (Å²) in [6, 6.07) is 0. The van der Waals surface area contributed by atoms with Gasteiger partial charge in [-0.15, -0.1) is 0 Å². The Kier molecular flexibility index (Phi) is 6.03. The maximum absolute atomic E-state index is 12.3. The highest BCUT2D eigenvalue weighted by molar-refractivity contribution is 7.54. The van der Waals surface area contributed by atoms with Crippen LogP contribution in [0.15, 0.2) is 0 Å². The van der Waals surface area contributed by atoms with Crippen LogP contribution in [0.2, 0.25) is 0 Å². The normalized spacial score (nSPS) is 18.4. The van der Waals surface area contributed by atoms with E-state index in [9.17, 15) is 9.36 Å². The molecular formula is C13H25O4P. The monoisotopic (exact) mass is 276 g/mol. The van der Waals surface area contributed by atoms with Crippen LogP contribution in [0, 0.1) is 5.41 Å². The Bertz CT molecular complexity index is 315. The van der Waals surface area contributed by atoms with Gasteiger partial charge in [-0.05, 0) is 19.3 Å². The molecule has 0 saturated heterocycles. The third kappa shape index (κ3) is 3.66. The van der Waals surface area contributed by atoms with Gasteiger partial charge in [-0.3, -0.25) is 9.36 Å². The molecule has 5 heteroatoms. The summed E-state index contributed by atoms with van der Waals surface area (Å²) in [6.45, 7) is 2.15. The topological polar surface area (TPSA) is 52.6 Å². The van der Waals surface area contributed by atoms with E-state index in [2.05, 4.69) is 6.92 Å². The Morgan fingerprint density at radius 2 is 1.83 bits per heavy atom. The lowest BCUT2D eigenvalue weighted by Crippen LogP contribution is -2.39. The minimum absolute atomic E-state index is 0.0666. The fourth-order valence-corrected chi connectivity index (χ4v) is 3.63. The Hall–Kier alpha value is -0.180. The van der Waals surface area contributed by atoms with E-state index in [-0.39, 0.29) is 17.4 Å². The van der Waals surface area contributed by atoms with Gasteiger partial charge < -0.3 is 9.05 Å². The van der Waals surface area contributed by atoms with Crippen molar-refractivity contribution in [2.24, 2.45) is 5.41 Å². The number of hydrogen-bond donors (Lipinski definition) is 0. The molecule has 0 radical (unpaired) electrons. The van der Waals surface area contributed by atoms with Crippen LogP contribution >= 0.6 is 7.60 Å². The van der Waals surface area contributed by atoms with Crippen molar-refractivity contribution in [3.63, 3.8) is 0 Å². The molecule has 1 fully saturated rings. The SMILES string of the molecule is CCCCCC1(C(=O)CP(=O)(OC)OC)CCC1. The van der Waals surface area contributed by atoms with E-state index in [1.165, 1.54) is 14.2 Å². The zero-order valence-electron chi connectivity index (χ0n) is 11.7. The lowest BCUT2D eigenvalue weighted by molar-refractivity contribution is -0.131. The Balaban J connectivity index is 2.59. The van der Waals surface area contributed by atoms with Gasteiger partial charge in [0.2, 0.25) is 0 Å². The fourth-order valence-electron chi connectivity index (χ4n) is 2.53. The van der Waals surface area contributed by atoms with Crippen LogP contribution in [0.25, 0.3) is 0 Å². The summed E-state index contributed by atoms with van der Waals surface area (Å²) in [5, 5.41) is 0. The van der Waals surface area contributed by atoms with Crippen LogP contribution in [-0.2, 0) is 18.4 Å². The van der Waals surface area contributed by atoms with Gasteiger partial charge >= 0.3 is 7.60 Å². The summed E-state index contributed by atoms with van der Waals surface area (Å²) >= 11 is 0. The van der Waals surface area contributed by atoms with Gasteiger partial charge in [-0.2, -0.15) is 0 Å². The molecular weight excluding hydrogens is 251 g/mol. The second kappa shape index (κ2) is 6.83. The van der Waals surface area contributed by atoms with Crippen molar-refractivity contribution >= 4 is 13.4 Å². The molecule has 0 unspecified atom stereocenters. The second-order valence-corrected chi connectivity index (χ2v) is 7.42. The number of unbranched alkanes of at least 4 members (excludes halogenated alkanes) is 2. The standard InChI is InChI=1S/C13H25O4P/c1-4-5-6-8-13(9-7-10-13)12(14)11-18(15,16-2)17-3/h4-11H2,1-3H3. The van der Waals surface area contributed by atoms with Crippen molar-refractivity contribution in [2.45, 2.75) is 51.9 Å². The van der Waals surface area contributed by atoms with E-state index >= 15 is 0 Å². The Morgan fingerprint density at radius 1 is 1.22 bits per heavy atom. The predicted molar refractivity (Wildman–Crippen MR) is 71.9 cm³/mol. The van der Waals surface area contributed by atoms with E-state index in [1.54, 1.807) is 0 Å². The van der Waals surface area contributed by atoms with Gasteiger partial charge in [0.15, 0.2) is 5.78 Å². The van der Waals surface area contributed by atoms with E-state index < -0.39 is 7.60 Å². The molecule has 0 amide bonds. The maximum atomic E-state index is 12.3. The first-order valence-electron chi connectivity index (χ1n) is 6.76. The third-order valence-corrected chi connectivity index (χ3v) is 5.84. The van der Waals surface area contributed by atoms with Crippen LogP contribution < -0.4 is 0 Å². The molecule has 1 saturated carbocycles. The van der Waals surface area contributed by atoms with Crippen molar-refractivity contribution in [1.29, 1.82) is 0 Å². The average Bonchev–Trinajstić information content (AvgIpc) is 2.32. The van der Waals surface area contributed by atoms with E-state index in [4.69, 9.17) is 9.05 Å². The molecule has 0 aromatic carbocycles. The predicted octanol–water partition coefficient (Wildman–Crippen LogP) is 3.79. The summed E-state index contributed by atoms with van der Waals surface area (Å²) in [4.78, 5) is 12.3. The first kappa shape index (κ1) is 15.9. The van der Waals surface area contributed by atoms with Gasteiger partial charge in [-0.25, -0.2) is 0 Å².